The van der Waals surface area contributed by atoms with Gasteiger partial charge in [-0.3, -0.25) is 9.69 Å². The molecule has 164 valence electrons. The van der Waals surface area contributed by atoms with Crippen LogP contribution in [0.1, 0.15) is 36.8 Å². The predicted molar refractivity (Wildman–Crippen MR) is 124 cm³/mol. The van der Waals surface area contributed by atoms with Crippen molar-refractivity contribution in [3.63, 3.8) is 0 Å². The summed E-state index contributed by atoms with van der Waals surface area (Å²) in [5.74, 6) is -0.199. The molecule has 1 aliphatic heterocycles. The van der Waals surface area contributed by atoms with Gasteiger partial charge in [-0.05, 0) is 55.4 Å². The Kier molecular flexibility index (Phi) is 9.46. The molecule has 0 aromatic heterocycles. The van der Waals surface area contributed by atoms with Gasteiger partial charge in [-0.1, -0.05) is 12.1 Å². The van der Waals surface area contributed by atoms with Crippen molar-refractivity contribution in [3.05, 3.63) is 35.4 Å². The number of nitrogens with zero attached hydrogens (tertiary/aromatic N) is 2. The molecule has 30 heavy (non-hydrogen) atoms. The van der Waals surface area contributed by atoms with E-state index in [0.29, 0.717) is 0 Å². The number of hydrogen-bond donors (Lipinski definition) is 2. The first-order valence-corrected chi connectivity index (χ1v) is 11.6. The number of halogens is 2. The Bertz CT molecular complexity index is 776. The lowest BCUT2D eigenvalue weighted by Gasteiger charge is -2.26. The molecular weight excluding hydrogens is 423 g/mol. The molecule has 0 atom stereocenters. The first-order chi connectivity index (χ1) is 14.7. The first-order valence-electron chi connectivity index (χ1n) is 10.6. The summed E-state index contributed by atoms with van der Waals surface area (Å²) >= 11 is 11.4. The molecule has 2 N–H and O–H groups in total. The Labute approximate surface area is 188 Å². The van der Waals surface area contributed by atoms with Crippen LogP contribution < -0.4 is 10.6 Å². The number of aliphatic imine (C=N–C) groups is 1. The number of rotatable bonds is 7. The number of hydrogen-bond acceptors (Lipinski definition) is 4. The van der Waals surface area contributed by atoms with Crippen molar-refractivity contribution in [2.24, 2.45) is 4.99 Å². The third kappa shape index (κ3) is 6.71. The van der Waals surface area contributed by atoms with Gasteiger partial charge in [0.2, 0.25) is 0 Å². The van der Waals surface area contributed by atoms with E-state index in [1.165, 1.54) is 24.0 Å². The van der Waals surface area contributed by atoms with Crippen molar-refractivity contribution in [2.75, 3.05) is 50.2 Å². The number of carbonyl (C=O) groups is 1. The maximum absolute atomic E-state index is 12.7. The Balaban J connectivity index is 1.78. The van der Waals surface area contributed by atoms with Crippen molar-refractivity contribution in [2.45, 2.75) is 32.1 Å². The van der Waals surface area contributed by atoms with Gasteiger partial charge in [0, 0.05) is 30.9 Å². The number of amidine groups is 1. The highest BCUT2D eigenvalue weighted by molar-refractivity contribution is 6.43. The molecule has 1 amide bonds. The number of morpholine rings is 1. The Morgan fingerprint density at radius 2 is 2.03 bits per heavy atom. The molecule has 0 radical (unpaired) electrons. The molecule has 0 saturated carbocycles. The summed E-state index contributed by atoms with van der Waals surface area (Å²) in [6.07, 6.45) is 7.76. The maximum atomic E-state index is 12.7. The molecule has 1 fully saturated rings. The van der Waals surface area contributed by atoms with Gasteiger partial charge in [0.25, 0.3) is 5.91 Å². The maximum Gasteiger partial charge on any atom is 0.290 e. The van der Waals surface area contributed by atoms with Crippen LogP contribution in [0.25, 0.3) is 5.57 Å². The molecule has 1 aliphatic carbocycles. The average Bonchev–Trinajstić information content (AvgIpc) is 2.79. The number of ether oxygens (including phenoxy) is 1. The molecule has 1 saturated heterocycles. The fourth-order valence-electron chi connectivity index (χ4n) is 3.83. The van der Waals surface area contributed by atoms with Crippen molar-refractivity contribution in [1.29, 1.82) is 0 Å². The lowest BCUT2D eigenvalue weighted by molar-refractivity contribution is -0.110. The SMILES string of the molecule is O=C(Nc1ccc(CCN2CCOCC2)cc1C1=CCCCC1)/C(=N/CCl)NCCl. The van der Waals surface area contributed by atoms with Gasteiger partial charge >= 0.3 is 0 Å². The summed E-state index contributed by atoms with van der Waals surface area (Å²) in [5, 5.41) is 5.75. The van der Waals surface area contributed by atoms with E-state index < -0.39 is 0 Å². The minimum absolute atomic E-state index is 0.00880. The van der Waals surface area contributed by atoms with Crippen molar-refractivity contribution >= 4 is 46.2 Å². The van der Waals surface area contributed by atoms with E-state index >= 15 is 0 Å². The van der Waals surface area contributed by atoms with E-state index in [-0.39, 0.29) is 23.8 Å². The van der Waals surface area contributed by atoms with Crippen molar-refractivity contribution in [3.8, 4) is 0 Å². The van der Waals surface area contributed by atoms with Crippen molar-refractivity contribution in [1.82, 2.24) is 10.2 Å². The molecule has 1 aromatic carbocycles. The largest absolute Gasteiger partial charge is 0.379 e. The Hall–Kier alpha value is -1.60. The van der Waals surface area contributed by atoms with Crippen LogP contribution in [-0.2, 0) is 16.0 Å². The van der Waals surface area contributed by atoms with Gasteiger partial charge in [0.15, 0.2) is 5.84 Å². The van der Waals surface area contributed by atoms with Gasteiger partial charge < -0.3 is 15.4 Å². The van der Waals surface area contributed by atoms with E-state index in [1.54, 1.807) is 0 Å². The van der Waals surface area contributed by atoms with Crippen LogP contribution in [0.15, 0.2) is 29.3 Å². The zero-order valence-corrected chi connectivity index (χ0v) is 18.8. The van der Waals surface area contributed by atoms with E-state index in [2.05, 4.69) is 38.7 Å². The smallest absolute Gasteiger partial charge is 0.290 e. The Morgan fingerprint density at radius 3 is 2.73 bits per heavy atom. The summed E-state index contributed by atoms with van der Waals surface area (Å²) in [6, 6.07) is 6.39. The highest BCUT2D eigenvalue weighted by Crippen LogP contribution is 2.32. The minimum atomic E-state index is -0.338. The molecule has 1 aromatic rings. The second-order valence-electron chi connectivity index (χ2n) is 7.45. The second kappa shape index (κ2) is 12.3. The van der Waals surface area contributed by atoms with Gasteiger partial charge in [0.1, 0.15) is 6.00 Å². The van der Waals surface area contributed by atoms with Crippen LogP contribution in [0.3, 0.4) is 0 Å². The normalized spacial score (nSPS) is 18.1. The fraction of sp³-hybridized carbons (Fsp3) is 0.545. The summed E-state index contributed by atoms with van der Waals surface area (Å²) in [5.41, 5.74) is 4.46. The molecule has 1 heterocycles. The number of alkyl halides is 2. The van der Waals surface area contributed by atoms with E-state index in [4.69, 9.17) is 27.9 Å². The third-order valence-corrected chi connectivity index (χ3v) is 5.71. The molecule has 0 unspecified atom stereocenters. The molecule has 2 aliphatic rings. The topological polar surface area (TPSA) is 66.0 Å². The van der Waals surface area contributed by atoms with Gasteiger partial charge in [-0.2, -0.15) is 0 Å². The highest BCUT2D eigenvalue weighted by atomic mass is 35.5. The summed E-state index contributed by atoms with van der Waals surface area (Å²) < 4.78 is 5.44. The van der Waals surface area contributed by atoms with Crippen LogP contribution in [0, 0.1) is 0 Å². The predicted octanol–water partition coefficient (Wildman–Crippen LogP) is 3.84. The lowest BCUT2D eigenvalue weighted by atomic mass is 9.91. The zero-order chi connectivity index (χ0) is 21.2. The number of carbonyl (C=O) groups excluding carboxylic acids is 1. The number of allylic oxidation sites excluding steroid dienone is 2. The zero-order valence-electron chi connectivity index (χ0n) is 17.3. The van der Waals surface area contributed by atoms with E-state index in [9.17, 15) is 4.79 Å². The highest BCUT2D eigenvalue weighted by Gasteiger charge is 2.17. The summed E-state index contributed by atoms with van der Waals surface area (Å²) in [7, 11) is 0. The summed E-state index contributed by atoms with van der Waals surface area (Å²) in [4.78, 5) is 19.1. The number of anilines is 1. The second-order valence-corrected chi connectivity index (χ2v) is 7.96. The Morgan fingerprint density at radius 1 is 1.20 bits per heavy atom. The standard InChI is InChI=1S/C22H30Cl2N4O2/c23-15-25-21(26-16-24)22(29)27-20-7-6-17(8-9-28-10-12-30-13-11-28)14-19(20)18-4-2-1-3-5-18/h4,6-7,14H,1-3,5,8-13,15-16H2,(H,25,26)(H,27,29). The van der Waals surface area contributed by atoms with Gasteiger partial charge in [-0.25, -0.2) is 4.99 Å². The number of benzene rings is 1. The minimum Gasteiger partial charge on any atom is -0.379 e. The molecule has 8 heteroatoms. The van der Waals surface area contributed by atoms with Crippen LogP contribution in [-0.4, -0.2) is 61.5 Å². The fourth-order valence-corrected chi connectivity index (χ4v) is 4.07. The molecule has 3 rings (SSSR count). The van der Waals surface area contributed by atoms with E-state index in [0.717, 1.165) is 63.4 Å². The molecule has 0 spiro atoms. The lowest BCUT2D eigenvalue weighted by Crippen LogP contribution is -2.37. The summed E-state index contributed by atoms with van der Waals surface area (Å²) in [6.45, 7) is 4.61. The molecule has 6 nitrogen and oxygen atoms in total. The first kappa shape index (κ1) is 23.1. The van der Waals surface area contributed by atoms with Crippen LogP contribution in [0.2, 0.25) is 0 Å². The number of nitrogens with one attached hydrogen (secondary N) is 2. The van der Waals surface area contributed by atoms with Crippen molar-refractivity contribution < 1.29 is 9.53 Å². The quantitative estimate of drug-likeness (QED) is 0.285. The van der Waals surface area contributed by atoms with E-state index in [1.807, 2.05) is 6.07 Å². The average molecular weight is 453 g/mol. The number of amides is 1. The van der Waals surface area contributed by atoms with Crippen LogP contribution in [0.4, 0.5) is 5.69 Å². The van der Waals surface area contributed by atoms with Gasteiger partial charge in [0.05, 0.1) is 19.2 Å². The molecule has 0 bridgehead atoms. The molecular formula is C22H30Cl2N4O2. The monoisotopic (exact) mass is 452 g/mol. The van der Waals surface area contributed by atoms with Crippen LogP contribution in [0.5, 0.6) is 0 Å². The third-order valence-electron chi connectivity index (χ3n) is 5.46. The van der Waals surface area contributed by atoms with Crippen LogP contribution >= 0.6 is 23.2 Å². The van der Waals surface area contributed by atoms with Gasteiger partial charge in [-0.15, -0.1) is 23.2 Å².